The van der Waals surface area contributed by atoms with Crippen LogP contribution >= 0.6 is 0 Å². The number of benzene rings is 1. The summed E-state index contributed by atoms with van der Waals surface area (Å²) in [4.78, 5) is 27.0. The molecule has 0 unspecified atom stereocenters. The second-order valence-corrected chi connectivity index (χ2v) is 7.35. The number of aromatic nitrogens is 2. The molecular formula is C20H24N4O2. The van der Waals surface area contributed by atoms with Crippen LogP contribution in [-0.2, 0) is 31.4 Å². The third-order valence-corrected chi connectivity index (χ3v) is 5.23. The molecule has 2 aliphatic rings. The van der Waals surface area contributed by atoms with Gasteiger partial charge >= 0.3 is 0 Å². The predicted molar refractivity (Wildman–Crippen MR) is 97.4 cm³/mol. The monoisotopic (exact) mass is 352 g/mol. The molecule has 0 saturated heterocycles. The molecule has 0 radical (unpaired) electrons. The number of amides is 2. The molecule has 2 heterocycles. The largest absolute Gasteiger partial charge is 0.347 e. The summed E-state index contributed by atoms with van der Waals surface area (Å²) < 4.78 is 1.79. The lowest BCUT2D eigenvalue weighted by atomic mass is 10.0. The van der Waals surface area contributed by atoms with Crippen molar-refractivity contribution in [1.82, 2.24) is 20.0 Å². The van der Waals surface area contributed by atoms with Crippen LogP contribution in [0.3, 0.4) is 0 Å². The Morgan fingerprint density at radius 1 is 1.31 bits per heavy atom. The van der Waals surface area contributed by atoms with Gasteiger partial charge in [-0.25, -0.2) is 0 Å². The molecule has 1 aromatic carbocycles. The maximum atomic E-state index is 12.7. The maximum absolute atomic E-state index is 12.7. The molecule has 1 saturated carbocycles. The van der Waals surface area contributed by atoms with Crippen molar-refractivity contribution in [3.63, 3.8) is 0 Å². The number of rotatable bonds is 4. The summed E-state index contributed by atoms with van der Waals surface area (Å²) in [5.74, 6) is 0.251. The molecule has 1 aliphatic heterocycles. The summed E-state index contributed by atoms with van der Waals surface area (Å²) in [5, 5.41) is 7.41. The van der Waals surface area contributed by atoms with E-state index >= 15 is 0 Å². The van der Waals surface area contributed by atoms with Gasteiger partial charge in [0.25, 0.3) is 5.91 Å². The Labute approximate surface area is 153 Å². The van der Waals surface area contributed by atoms with E-state index in [1.165, 1.54) is 5.56 Å². The van der Waals surface area contributed by atoms with E-state index in [9.17, 15) is 9.59 Å². The van der Waals surface area contributed by atoms with Crippen LogP contribution in [0.4, 0.5) is 0 Å². The SMILES string of the molecule is Cc1cccc(CNC(=O)c2nn(C)c3c2CN(C(=O)C2CC2)CC3)c1. The Morgan fingerprint density at radius 3 is 2.85 bits per heavy atom. The summed E-state index contributed by atoms with van der Waals surface area (Å²) in [7, 11) is 1.87. The van der Waals surface area contributed by atoms with E-state index in [0.29, 0.717) is 25.3 Å². The van der Waals surface area contributed by atoms with Crippen LogP contribution in [0.15, 0.2) is 24.3 Å². The van der Waals surface area contributed by atoms with Gasteiger partial charge in [0.2, 0.25) is 5.91 Å². The smallest absolute Gasteiger partial charge is 0.272 e. The van der Waals surface area contributed by atoms with Crippen molar-refractivity contribution in [2.45, 2.75) is 39.3 Å². The van der Waals surface area contributed by atoms with E-state index in [1.54, 1.807) is 4.68 Å². The number of hydrogen-bond acceptors (Lipinski definition) is 3. The average molecular weight is 352 g/mol. The molecule has 4 rings (SSSR count). The molecule has 0 spiro atoms. The van der Waals surface area contributed by atoms with E-state index in [2.05, 4.69) is 16.5 Å². The number of carbonyl (C=O) groups is 2. The lowest BCUT2D eigenvalue weighted by Crippen LogP contribution is -2.38. The maximum Gasteiger partial charge on any atom is 0.272 e. The van der Waals surface area contributed by atoms with E-state index in [1.807, 2.05) is 37.1 Å². The van der Waals surface area contributed by atoms with Crippen molar-refractivity contribution in [3.8, 4) is 0 Å². The number of nitrogens with one attached hydrogen (secondary N) is 1. The number of carbonyl (C=O) groups excluding carboxylic acids is 2. The van der Waals surface area contributed by atoms with Crippen LogP contribution in [0.25, 0.3) is 0 Å². The number of nitrogens with zero attached hydrogens (tertiary/aromatic N) is 3. The second kappa shape index (κ2) is 6.59. The van der Waals surface area contributed by atoms with Gasteiger partial charge in [0.1, 0.15) is 0 Å². The fraction of sp³-hybridized carbons (Fsp3) is 0.450. The van der Waals surface area contributed by atoms with Crippen LogP contribution in [0, 0.1) is 12.8 Å². The highest BCUT2D eigenvalue weighted by Crippen LogP contribution is 2.33. The summed E-state index contributed by atoms with van der Waals surface area (Å²) in [5.41, 5.74) is 4.64. The van der Waals surface area contributed by atoms with Crippen LogP contribution in [0.5, 0.6) is 0 Å². The van der Waals surface area contributed by atoms with E-state index in [0.717, 1.165) is 36.1 Å². The standard InChI is InChI=1S/C20H24N4O2/c1-13-4-3-5-14(10-13)11-21-19(25)18-16-12-24(20(26)15-6-7-15)9-8-17(16)23(2)22-18/h3-5,10,15H,6-9,11-12H2,1-2H3,(H,21,25). The minimum absolute atomic E-state index is 0.177. The molecule has 1 aromatic heterocycles. The highest BCUT2D eigenvalue weighted by Gasteiger charge is 2.36. The topological polar surface area (TPSA) is 67.2 Å². The van der Waals surface area contributed by atoms with Crippen molar-refractivity contribution in [3.05, 3.63) is 52.3 Å². The molecule has 2 aromatic rings. The number of fused-ring (bicyclic) bond motifs is 1. The molecule has 0 atom stereocenters. The molecule has 6 nitrogen and oxygen atoms in total. The minimum atomic E-state index is -0.177. The Balaban J connectivity index is 1.50. The number of aryl methyl sites for hydroxylation is 2. The number of hydrogen-bond donors (Lipinski definition) is 1. The third-order valence-electron chi connectivity index (χ3n) is 5.23. The van der Waals surface area contributed by atoms with Crippen LogP contribution < -0.4 is 5.32 Å². The van der Waals surface area contributed by atoms with Crippen molar-refractivity contribution >= 4 is 11.8 Å². The molecule has 2 amide bonds. The first-order valence-electron chi connectivity index (χ1n) is 9.20. The minimum Gasteiger partial charge on any atom is -0.347 e. The van der Waals surface area contributed by atoms with Gasteiger partial charge in [-0.05, 0) is 25.3 Å². The first kappa shape index (κ1) is 16.8. The first-order valence-corrected chi connectivity index (χ1v) is 9.20. The highest BCUT2D eigenvalue weighted by atomic mass is 16.2. The fourth-order valence-electron chi connectivity index (χ4n) is 3.64. The van der Waals surface area contributed by atoms with Gasteiger partial charge in [0.15, 0.2) is 5.69 Å². The third kappa shape index (κ3) is 3.23. The lowest BCUT2D eigenvalue weighted by Gasteiger charge is -2.27. The molecule has 0 bridgehead atoms. The zero-order valence-electron chi connectivity index (χ0n) is 15.3. The van der Waals surface area contributed by atoms with E-state index < -0.39 is 0 Å². The average Bonchev–Trinajstić information content (AvgIpc) is 3.43. The van der Waals surface area contributed by atoms with Gasteiger partial charge in [0.05, 0.1) is 0 Å². The Kier molecular flexibility index (Phi) is 4.26. The van der Waals surface area contributed by atoms with Crippen molar-refractivity contribution in [1.29, 1.82) is 0 Å². The van der Waals surface area contributed by atoms with Gasteiger partial charge in [-0.15, -0.1) is 0 Å². The Morgan fingerprint density at radius 2 is 2.12 bits per heavy atom. The lowest BCUT2D eigenvalue weighted by molar-refractivity contribution is -0.133. The van der Waals surface area contributed by atoms with Crippen LogP contribution in [0.1, 0.15) is 45.7 Å². The van der Waals surface area contributed by atoms with E-state index in [4.69, 9.17) is 0 Å². The molecular weight excluding hydrogens is 328 g/mol. The van der Waals surface area contributed by atoms with Crippen LogP contribution in [0.2, 0.25) is 0 Å². The summed E-state index contributed by atoms with van der Waals surface area (Å²) in [6.45, 7) is 3.71. The first-order chi connectivity index (χ1) is 12.5. The quantitative estimate of drug-likeness (QED) is 0.915. The molecule has 1 N–H and O–H groups in total. The van der Waals surface area contributed by atoms with Gasteiger partial charge in [-0.1, -0.05) is 29.8 Å². The highest BCUT2D eigenvalue weighted by molar-refractivity contribution is 5.94. The second-order valence-electron chi connectivity index (χ2n) is 7.35. The van der Waals surface area contributed by atoms with Gasteiger partial charge < -0.3 is 10.2 Å². The Hall–Kier alpha value is -2.63. The van der Waals surface area contributed by atoms with Crippen molar-refractivity contribution < 1.29 is 9.59 Å². The van der Waals surface area contributed by atoms with Gasteiger partial charge in [-0.3, -0.25) is 14.3 Å². The zero-order chi connectivity index (χ0) is 18.3. The predicted octanol–water partition coefficient (Wildman–Crippen LogP) is 1.95. The summed E-state index contributed by atoms with van der Waals surface area (Å²) in [6, 6.07) is 8.08. The Bertz CT molecular complexity index is 867. The summed E-state index contributed by atoms with van der Waals surface area (Å²) >= 11 is 0. The molecule has 1 fully saturated rings. The molecule has 26 heavy (non-hydrogen) atoms. The van der Waals surface area contributed by atoms with Gasteiger partial charge in [0, 0.05) is 50.3 Å². The fourth-order valence-corrected chi connectivity index (χ4v) is 3.64. The molecule has 136 valence electrons. The van der Waals surface area contributed by atoms with E-state index in [-0.39, 0.29) is 17.7 Å². The molecule has 6 heteroatoms. The van der Waals surface area contributed by atoms with Gasteiger partial charge in [-0.2, -0.15) is 5.10 Å². The van der Waals surface area contributed by atoms with Crippen molar-refractivity contribution in [2.75, 3.05) is 6.54 Å². The molecule has 1 aliphatic carbocycles. The normalized spacial score (nSPS) is 16.3. The van der Waals surface area contributed by atoms with Crippen LogP contribution in [-0.4, -0.2) is 33.0 Å². The van der Waals surface area contributed by atoms with Crippen molar-refractivity contribution in [2.24, 2.45) is 13.0 Å². The zero-order valence-corrected chi connectivity index (χ0v) is 15.3. The summed E-state index contributed by atoms with van der Waals surface area (Å²) in [6.07, 6.45) is 2.75.